The Hall–Kier alpha value is -2.52. The SMILES string of the molecule is CN(CCc1ccccc1)Cc1ccc2n1Cc1ccccc1OC2. The smallest absolute Gasteiger partial charge is 0.128 e. The van der Waals surface area contributed by atoms with E-state index in [9.17, 15) is 0 Å². The largest absolute Gasteiger partial charge is 0.487 e. The minimum absolute atomic E-state index is 0.644. The van der Waals surface area contributed by atoms with E-state index >= 15 is 0 Å². The number of likely N-dealkylation sites (N-methyl/N-ethyl adjacent to an activating group) is 1. The van der Waals surface area contributed by atoms with E-state index in [0.29, 0.717) is 6.61 Å². The quantitative estimate of drug-likeness (QED) is 0.700. The molecule has 1 aromatic heterocycles. The number of rotatable bonds is 5. The molecule has 0 fully saturated rings. The van der Waals surface area contributed by atoms with Crippen molar-refractivity contribution in [2.75, 3.05) is 13.6 Å². The second-order valence-electron chi connectivity index (χ2n) is 6.77. The number of aromatic nitrogens is 1. The van der Waals surface area contributed by atoms with Crippen LogP contribution in [0.1, 0.15) is 22.5 Å². The van der Waals surface area contributed by atoms with E-state index in [1.807, 2.05) is 6.07 Å². The molecule has 1 aliphatic heterocycles. The molecule has 2 aromatic carbocycles. The van der Waals surface area contributed by atoms with Gasteiger partial charge in [0.15, 0.2) is 0 Å². The fourth-order valence-corrected chi connectivity index (χ4v) is 3.44. The van der Waals surface area contributed by atoms with Gasteiger partial charge in [-0.1, -0.05) is 48.5 Å². The Kier molecular flexibility index (Phi) is 4.57. The monoisotopic (exact) mass is 332 g/mol. The molecule has 0 N–H and O–H groups in total. The van der Waals surface area contributed by atoms with Gasteiger partial charge in [0.1, 0.15) is 12.4 Å². The maximum atomic E-state index is 5.96. The van der Waals surface area contributed by atoms with Crippen LogP contribution in [0.2, 0.25) is 0 Å². The molecule has 3 heteroatoms. The molecular weight excluding hydrogens is 308 g/mol. The molecule has 0 atom stereocenters. The van der Waals surface area contributed by atoms with Gasteiger partial charge < -0.3 is 14.2 Å². The van der Waals surface area contributed by atoms with Crippen LogP contribution in [-0.2, 0) is 26.1 Å². The van der Waals surface area contributed by atoms with Crippen molar-refractivity contribution in [2.24, 2.45) is 0 Å². The summed E-state index contributed by atoms with van der Waals surface area (Å²) in [6, 6.07) is 23.5. The summed E-state index contributed by atoms with van der Waals surface area (Å²) in [5, 5.41) is 0. The van der Waals surface area contributed by atoms with Crippen LogP contribution in [0.3, 0.4) is 0 Å². The topological polar surface area (TPSA) is 17.4 Å². The summed E-state index contributed by atoms with van der Waals surface area (Å²) >= 11 is 0. The van der Waals surface area contributed by atoms with Gasteiger partial charge in [-0.3, -0.25) is 0 Å². The number of ether oxygens (including phenoxy) is 1. The highest BCUT2D eigenvalue weighted by Crippen LogP contribution is 2.26. The number of hydrogen-bond donors (Lipinski definition) is 0. The standard InChI is InChI=1S/C22H24N2O/c1-23(14-13-18-7-3-2-4-8-18)16-20-11-12-21-17-25-22-10-6-5-9-19(22)15-24(20)21/h2-12H,13-17H2,1H3. The van der Waals surface area contributed by atoms with Crippen LogP contribution in [0.4, 0.5) is 0 Å². The molecule has 1 aliphatic rings. The highest BCUT2D eigenvalue weighted by molar-refractivity contribution is 5.36. The molecule has 0 radical (unpaired) electrons. The fourth-order valence-electron chi connectivity index (χ4n) is 3.44. The minimum Gasteiger partial charge on any atom is -0.487 e. The summed E-state index contributed by atoms with van der Waals surface area (Å²) < 4.78 is 8.37. The molecular formula is C22H24N2O. The van der Waals surface area contributed by atoms with Gasteiger partial charge in [-0.2, -0.15) is 0 Å². The van der Waals surface area contributed by atoms with Gasteiger partial charge in [0, 0.05) is 24.3 Å². The Balaban J connectivity index is 1.45. The zero-order chi connectivity index (χ0) is 17.1. The van der Waals surface area contributed by atoms with Crippen molar-refractivity contribution in [1.29, 1.82) is 0 Å². The van der Waals surface area contributed by atoms with Gasteiger partial charge in [0.2, 0.25) is 0 Å². The number of benzene rings is 2. The highest BCUT2D eigenvalue weighted by Gasteiger charge is 2.16. The summed E-state index contributed by atoms with van der Waals surface area (Å²) in [4.78, 5) is 2.40. The van der Waals surface area contributed by atoms with Gasteiger partial charge in [-0.05, 0) is 37.2 Å². The van der Waals surface area contributed by atoms with Crippen molar-refractivity contribution >= 4 is 0 Å². The van der Waals surface area contributed by atoms with E-state index in [2.05, 4.69) is 77.2 Å². The average molecular weight is 332 g/mol. The first kappa shape index (κ1) is 16.0. The Labute approximate surface area is 149 Å². The van der Waals surface area contributed by atoms with Gasteiger partial charge in [-0.15, -0.1) is 0 Å². The molecule has 0 unspecified atom stereocenters. The molecule has 4 rings (SSSR count). The van der Waals surface area contributed by atoms with Gasteiger partial charge >= 0.3 is 0 Å². The molecule has 0 amide bonds. The zero-order valence-corrected chi connectivity index (χ0v) is 14.7. The summed E-state index contributed by atoms with van der Waals surface area (Å²) in [6.07, 6.45) is 1.08. The molecule has 0 bridgehead atoms. The second-order valence-corrected chi connectivity index (χ2v) is 6.77. The van der Waals surface area contributed by atoms with Crippen molar-refractivity contribution < 1.29 is 4.74 Å². The van der Waals surface area contributed by atoms with Gasteiger partial charge in [0.25, 0.3) is 0 Å². The Morgan fingerprint density at radius 3 is 2.64 bits per heavy atom. The molecule has 0 aliphatic carbocycles. The van der Waals surface area contributed by atoms with E-state index in [0.717, 1.165) is 31.8 Å². The molecule has 3 aromatic rings. The first-order chi connectivity index (χ1) is 12.3. The van der Waals surface area contributed by atoms with E-state index in [-0.39, 0.29) is 0 Å². The Morgan fingerprint density at radius 2 is 1.76 bits per heavy atom. The molecule has 25 heavy (non-hydrogen) atoms. The van der Waals surface area contributed by atoms with Crippen LogP contribution in [-0.4, -0.2) is 23.1 Å². The average Bonchev–Trinajstić information content (AvgIpc) is 2.91. The third-order valence-corrected chi connectivity index (χ3v) is 4.90. The minimum atomic E-state index is 0.644. The van der Waals surface area contributed by atoms with Crippen molar-refractivity contribution in [2.45, 2.75) is 26.1 Å². The van der Waals surface area contributed by atoms with E-state index in [4.69, 9.17) is 4.74 Å². The lowest BCUT2D eigenvalue weighted by molar-refractivity contribution is 0.299. The van der Waals surface area contributed by atoms with Crippen molar-refractivity contribution in [3.05, 3.63) is 89.2 Å². The molecule has 3 nitrogen and oxygen atoms in total. The molecule has 0 spiro atoms. The summed E-state index contributed by atoms with van der Waals surface area (Å²) in [6.45, 7) is 3.54. The third-order valence-electron chi connectivity index (χ3n) is 4.90. The number of para-hydroxylation sites is 1. The lowest BCUT2D eigenvalue weighted by atomic mass is 10.1. The molecule has 2 heterocycles. The third kappa shape index (κ3) is 3.62. The maximum absolute atomic E-state index is 5.96. The normalized spacial score (nSPS) is 13.0. The molecule has 0 saturated carbocycles. The van der Waals surface area contributed by atoms with Crippen LogP contribution in [0, 0.1) is 0 Å². The first-order valence-electron chi connectivity index (χ1n) is 8.90. The van der Waals surface area contributed by atoms with Crippen LogP contribution >= 0.6 is 0 Å². The van der Waals surface area contributed by atoms with Crippen molar-refractivity contribution in [1.82, 2.24) is 9.47 Å². The van der Waals surface area contributed by atoms with Crippen LogP contribution < -0.4 is 4.74 Å². The predicted molar refractivity (Wildman–Crippen MR) is 101 cm³/mol. The first-order valence-corrected chi connectivity index (χ1v) is 8.90. The predicted octanol–water partition coefficient (Wildman–Crippen LogP) is 4.10. The van der Waals surface area contributed by atoms with Crippen LogP contribution in [0.5, 0.6) is 5.75 Å². The van der Waals surface area contributed by atoms with Crippen molar-refractivity contribution in [3.8, 4) is 5.75 Å². The van der Waals surface area contributed by atoms with E-state index in [1.165, 1.54) is 22.5 Å². The molecule has 128 valence electrons. The van der Waals surface area contributed by atoms with Crippen LogP contribution in [0.25, 0.3) is 0 Å². The number of nitrogens with zero attached hydrogens (tertiary/aromatic N) is 2. The maximum Gasteiger partial charge on any atom is 0.128 e. The summed E-state index contributed by atoms with van der Waals surface area (Å²) in [5.41, 5.74) is 5.25. The Bertz CT molecular complexity index is 838. The van der Waals surface area contributed by atoms with E-state index in [1.54, 1.807) is 0 Å². The van der Waals surface area contributed by atoms with E-state index < -0.39 is 0 Å². The highest BCUT2D eigenvalue weighted by atomic mass is 16.5. The fraction of sp³-hybridized carbons (Fsp3) is 0.273. The lowest BCUT2D eigenvalue weighted by Gasteiger charge is -2.19. The molecule has 0 saturated heterocycles. The van der Waals surface area contributed by atoms with Crippen molar-refractivity contribution in [3.63, 3.8) is 0 Å². The van der Waals surface area contributed by atoms with Gasteiger partial charge in [-0.25, -0.2) is 0 Å². The lowest BCUT2D eigenvalue weighted by Crippen LogP contribution is -2.23. The number of hydrogen-bond acceptors (Lipinski definition) is 2. The number of fused-ring (bicyclic) bond motifs is 2. The summed E-state index contributed by atoms with van der Waals surface area (Å²) in [5.74, 6) is 1.01. The van der Waals surface area contributed by atoms with Gasteiger partial charge in [0.05, 0.1) is 12.2 Å². The summed E-state index contributed by atoms with van der Waals surface area (Å²) in [7, 11) is 2.20. The zero-order valence-electron chi connectivity index (χ0n) is 14.7. The van der Waals surface area contributed by atoms with Crippen LogP contribution in [0.15, 0.2) is 66.7 Å². The second kappa shape index (κ2) is 7.16. The Morgan fingerprint density at radius 1 is 0.960 bits per heavy atom.